The Labute approximate surface area is 311 Å². The van der Waals surface area contributed by atoms with Gasteiger partial charge < -0.3 is 13.6 Å². The van der Waals surface area contributed by atoms with Crippen molar-refractivity contribution in [3.8, 4) is 33.6 Å². The molecule has 3 heterocycles. The molecule has 3 nitrogen and oxygen atoms in total. The number of nitrogens with zero attached hydrogens (tertiary/aromatic N) is 2. The van der Waals surface area contributed by atoms with Crippen molar-refractivity contribution in [3.63, 3.8) is 0 Å². The largest absolute Gasteiger partial charge is 0.454 e. The van der Waals surface area contributed by atoms with E-state index >= 15 is 0 Å². The molecule has 11 aromatic rings. The van der Waals surface area contributed by atoms with Crippen LogP contribution in [0.15, 0.2) is 174 Å². The number of benzene rings is 8. The third kappa shape index (κ3) is 3.91. The second-order valence-corrected chi connectivity index (χ2v) is 15.3. The van der Waals surface area contributed by atoms with Crippen LogP contribution in [-0.4, -0.2) is 9.13 Å². The van der Waals surface area contributed by atoms with Crippen molar-refractivity contribution in [3.05, 3.63) is 181 Å². The topological polar surface area (TPSA) is 23.0 Å². The predicted octanol–water partition coefficient (Wildman–Crippen LogP) is 13.8. The van der Waals surface area contributed by atoms with Gasteiger partial charge in [-0.1, -0.05) is 117 Å². The van der Waals surface area contributed by atoms with E-state index in [0.29, 0.717) is 0 Å². The highest BCUT2D eigenvalue weighted by Gasteiger charge is 2.36. The van der Waals surface area contributed by atoms with E-state index in [2.05, 4.69) is 187 Å². The first-order valence-corrected chi connectivity index (χ1v) is 18.8. The predicted molar refractivity (Wildman–Crippen MR) is 225 cm³/mol. The maximum atomic E-state index is 6.64. The van der Waals surface area contributed by atoms with Crippen LogP contribution in [0.25, 0.3) is 99.2 Å². The van der Waals surface area contributed by atoms with Gasteiger partial charge in [-0.15, -0.1) is 0 Å². The summed E-state index contributed by atoms with van der Waals surface area (Å²) in [6.07, 6.45) is 0. The number of furan rings is 1. The third-order valence-corrected chi connectivity index (χ3v) is 12.1. The maximum Gasteiger partial charge on any atom is 0.160 e. The molecule has 0 saturated heterocycles. The van der Waals surface area contributed by atoms with Gasteiger partial charge in [0, 0.05) is 49.1 Å². The minimum atomic E-state index is -0.0778. The zero-order chi connectivity index (χ0) is 35.7. The Kier molecular flexibility index (Phi) is 5.84. The minimum Gasteiger partial charge on any atom is -0.454 e. The highest BCUT2D eigenvalue weighted by molar-refractivity contribution is 6.22. The summed E-state index contributed by atoms with van der Waals surface area (Å²) < 4.78 is 11.5. The van der Waals surface area contributed by atoms with Crippen LogP contribution < -0.4 is 0 Å². The number of hydrogen-bond donors (Lipinski definition) is 0. The maximum absolute atomic E-state index is 6.64. The van der Waals surface area contributed by atoms with Gasteiger partial charge in [0.25, 0.3) is 0 Å². The summed E-state index contributed by atoms with van der Waals surface area (Å²) in [5.74, 6) is 0. The van der Waals surface area contributed by atoms with Crippen molar-refractivity contribution in [1.29, 1.82) is 0 Å². The Morgan fingerprint density at radius 3 is 1.87 bits per heavy atom. The summed E-state index contributed by atoms with van der Waals surface area (Å²) in [5, 5.41) is 7.20. The highest BCUT2D eigenvalue weighted by Crippen LogP contribution is 2.51. The number of para-hydroxylation sites is 3. The lowest BCUT2D eigenvalue weighted by atomic mass is 9.82. The smallest absolute Gasteiger partial charge is 0.160 e. The van der Waals surface area contributed by atoms with Crippen molar-refractivity contribution in [2.75, 3.05) is 0 Å². The molecule has 54 heavy (non-hydrogen) atoms. The van der Waals surface area contributed by atoms with Crippen LogP contribution >= 0.6 is 0 Å². The lowest BCUT2D eigenvalue weighted by molar-refractivity contribution is 0.661. The summed E-state index contributed by atoms with van der Waals surface area (Å²) >= 11 is 0. The number of rotatable bonds is 3. The molecule has 1 aliphatic carbocycles. The molecule has 3 heteroatoms. The molecule has 1 aliphatic rings. The molecule has 12 rings (SSSR count). The Morgan fingerprint density at radius 2 is 1.04 bits per heavy atom. The van der Waals surface area contributed by atoms with E-state index in [1.54, 1.807) is 0 Å². The monoisotopic (exact) mass is 690 g/mol. The average Bonchev–Trinajstić information content (AvgIpc) is 3.92. The Morgan fingerprint density at radius 1 is 0.407 bits per heavy atom. The molecule has 254 valence electrons. The summed E-state index contributed by atoms with van der Waals surface area (Å²) in [4.78, 5) is 0. The van der Waals surface area contributed by atoms with Crippen LogP contribution in [0.3, 0.4) is 0 Å². The molecule has 0 radical (unpaired) electrons. The first kappa shape index (κ1) is 29.7. The molecule has 0 saturated carbocycles. The fourth-order valence-electron chi connectivity index (χ4n) is 9.55. The van der Waals surface area contributed by atoms with E-state index in [4.69, 9.17) is 4.42 Å². The van der Waals surface area contributed by atoms with Gasteiger partial charge in [0.1, 0.15) is 5.58 Å². The number of fused-ring (bicyclic) bond motifs is 13. The molecule has 0 atom stereocenters. The number of hydrogen-bond acceptors (Lipinski definition) is 1. The van der Waals surface area contributed by atoms with Crippen molar-refractivity contribution in [1.82, 2.24) is 9.13 Å². The lowest BCUT2D eigenvalue weighted by Gasteiger charge is -2.21. The van der Waals surface area contributed by atoms with E-state index in [9.17, 15) is 0 Å². The average molecular weight is 691 g/mol. The van der Waals surface area contributed by atoms with Gasteiger partial charge in [0.05, 0.1) is 22.1 Å². The van der Waals surface area contributed by atoms with E-state index in [0.717, 1.165) is 38.7 Å². The Hall–Kier alpha value is -6.84. The first-order chi connectivity index (χ1) is 26.5. The Balaban J connectivity index is 1.12. The molecule has 0 N–H and O–H groups in total. The quantitative estimate of drug-likeness (QED) is 0.181. The molecule has 8 aromatic carbocycles. The van der Waals surface area contributed by atoms with E-state index in [-0.39, 0.29) is 5.41 Å². The van der Waals surface area contributed by atoms with Gasteiger partial charge in [-0.2, -0.15) is 0 Å². The molecule has 0 aliphatic heterocycles. The van der Waals surface area contributed by atoms with Crippen molar-refractivity contribution < 1.29 is 4.42 Å². The standard InChI is InChI=1S/C51H34N2O/c1-51(2)43-19-11-9-17-35(43)40-29-42-36-23-21-32(28-46(36)52(47(42)30-44(40)51)33-13-5-3-6-14-33)31-22-26-45-41(27-31)38-24-25-39-37-18-10-12-20-48(37)54-50(39)49(38)53(45)34-15-7-4-8-16-34/h3-30H,1-2H3. The van der Waals surface area contributed by atoms with Crippen molar-refractivity contribution in [2.24, 2.45) is 0 Å². The van der Waals surface area contributed by atoms with Gasteiger partial charge in [-0.25, -0.2) is 0 Å². The van der Waals surface area contributed by atoms with Crippen molar-refractivity contribution in [2.45, 2.75) is 19.3 Å². The van der Waals surface area contributed by atoms with Gasteiger partial charge in [0.2, 0.25) is 0 Å². The van der Waals surface area contributed by atoms with E-state index in [1.165, 1.54) is 71.6 Å². The summed E-state index contributed by atoms with van der Waals surface area (Å²) in [6.45, 7) is 4.72. The zero-order valence-electron chi connectivity index (χ0n) is 30.0. The van der Waals surface area contributed by atoms with E-state index in [1.807, 2.05) is 6.07 Å². The molecule has 0 unspecified atom stereocenters. The molecular weight excluding hydrogens is 657 g/mol. The van der Waals surface area contributed by atoms with Crippen LogP contribution in [0.4, 0.5) is 0 Å². The van der Waals surface area contributed by atoms with Gasteiger partial charge in [0.15, 0.2) is 5.58 Å². The van der Waals surface area contributed by atoms with Crippen LogP contribution in [0.5, 0.6) is 0 Å². The van der Waals surface area contributed by atoms with Crippen molar-refractivity contribution >= 4 is 65.6 Å². The van der Waals surface area contributed by atoms with Crippen LogP contribution in [0, 0.1) is 0 Å². The Bertz CT molecular complexity index is 3340. The summed E-state index contributed by atoms with van der Waals surface area (Å²) in [7, 11) is 0. The first-order valence-electron chi connectivity index (χ1n) is 18.8. The number of aromatic nitrogens is 2. The zero-order valence-corrected chi connectivity index (χ0v) is 30.0. The second-order valence-electron chi connectivity index (χ2n) is 15.3. The molecule has 3 aromatic heterocycles. The van der Waals surface area contributed by atoms with E-state index < -0.39 is 0 Å². The lowest BCUT2D eigenvalue weighted by Crippen LogP contribution is -2.14. The van der Waals surface area contributed by atoms with Gasteiger partial charge >= 0.3 is 0 Å². The molecule has 0 amide bonds. The molecule has 0 fully saturated rings. The molecule has 0 bridgehead atoms. The second kappa shape index (κ2) is 10.6. The highest BCUT2D eigenvalue weighted by atomic mass is 16.3. The fourth-order valence-corrected chi connectivity index (χ4v) is 9.55. The fraction of sp³-hybridized carbons (Fsp3) is 0.0588. The van der Waals surface area contributed by atoms with Crippen LogP contribution in [0.1, 0.15) is 25.0 Å². The third-order valence-electron chi connectivity index (χ3n) is 12.1. The van der Waals surface area contributed by atoms with Crippen LogP contribution in [-0.2, 0) is 5.41 Å². The summed E-state index contributed by atoms with van der Waals surface area (Å²) in [5.41, 5.74) is 16.6. The van der Waals surface area contributed by atoms with Gasteiger partial charge in [-0.3, -0.25) is 0 Å². The van der Waals surface area contributed by atoms with Crippen LogP contribution in [0.2, 0.25) is 0 Å². The van der Waals surface area contributed by atoms with Gasteiger partial charge in [-0.05, 0) is 100 Å². The molecular formula is C51H34N2O. The SMILES string of the molecule is CC1(C)c2ccccc2-c2cc3c4ccc(-c5ccc6c(c5)c5ccc7c8ccccc8oc7c5n6-c5ccccc5)cc4n(-c4ccccc4)c3cc21. The minimum absolute atomic E-state index is 0.0778. The summed E-state index contributed by atoms with van der Waals surface area (Å²) in [6, 6.07) is 62.1. The normalized spacial score (nSPS) is 13.5. The molecule has 0 spiro atoms.